The minimum Gasteiger partial charge on any atom is -0.315 e. The Morgan fingerprint density at radius 3 is 3.11 bits per heavy atom. The molecule has 1 aromatic rings. The first kappa shape index (κ1) is 13.5. The van der Waals surface area contributed by atoms with Gasteiger partial charge in [-0.25, -0.2) is 0 Å². The van der Waals surface area contributed by atoms with Gasteiger partial charge in [0.25, 0.3) is 0 Å². The van der Waals surface area contributed by atoms with E-state index in [0.29, 0.717) is 6.04 Å². The molecule has 1 atom stereocenters. The normalized spacial score (nSPS) is 20.4. The maximum Gasteiger partial charge on any atom is 0.0547 e. The fourth-order valence-electron chi connectivity index (χ4n) is 2.68. The van der Waals surface area contributed by atoms with E-state index in [0.717, 1.165) is 25.3 Å². The third-order valence-corrected chi connectivity index (χ3v) is 3.62. The van der Waals surface area contributed by atoms with Gasteiger partial charge in [-0.2, -0.15) is 0 Å². The monoisotopic (exact) mass is 247 g/mol. The first-order chi connectivity index (χ1) is 8.79. The summed E-state index contributed by atoms with van der Waals surface area (Å²) in [5, 5.41) is 3.54. The molecule has 2 heterocycles. The molecule has 0 spiro atoms. The SMILES string of the molecule is CCCNCC1CCCN1Cc1cccc(C)n1. The van der Waals surface area contributed by atoms with Gasteiger partial charge < -0.3 is 5.32 Å². The number of nitrogens with one attached hydrogen (secondary N) is 1. The highest BCUT2D eigenvalue weighted by molar-refractivity contribution is 5.10. The summed E-state index contributed by atoms with van der Waals surface area (Å²) >= 11 is 0. The number of nitrogens with zero attached hydrogens (tertiary/aromatic N) is 2. The lowest BCUT2D eigenvalue weighted by Crippen LogP contribution is -2.37. The Morgan fingerprint density at radius 1 is 1.44 bits per heavy atom. The van der Waals surface area contributed by atoms with Gasteiger partial charge in [0.15, 0.2) is 0 Å². The smallest absolute Gasteiger partial charge is 0.0547 e. The van der Waals surface area contributed by atoms with Crippen LogP contribution in [-0.4, -0.2) is 35.6 Å². The van der Waals surface area contributed by atoms with Crippen molar-refractivity contribution in [2.24, 2.45) is 0 Å². The molecule has 1 aromatic heterocycles. The zero-order valence-corrected chi connectivity index (χ0v) is 11.7. The summed E-state index contributed by atoms with van der Waals surface area (Å²) < 4.78 is 0. The number of rotatable bonds is 6. The Morgan fingerprint density at radius 2 is 2.33 bits per heavy atom. The van der Waals surface area contributed by atoms with Crippen LogP contribution in [0.15, 0.2) is 18.2 Å². The first-order valence-corrected chi connectivity index (χ1v) is 7.17. The molecule has 1 unspecified atom stereocenters. The zero-order chi connectivity index (χ0) is 12.8. The number of aromatic nitrogens is 1. The van der Waals surface area contributed by atoms with E-state index in [1.807, 2.05) is 0 Å². The minimum absolute atomic E-state index is 0.693. The van der Waals surface area contributed by atoms with E-state index >= 15 is 0 Å². The standard InChI is InChI=1S/C15H25N3/c1-3-9-16-11-15-8-5-10-18(15)12-14-7-4-6-13(2)17-14/h4,6-7,15-16H,3,5,8-12H2,1-2H3. The summed E-state index contributed by atoms with van der Waals surface area (Å²) in [6.45, 7) is 8.75. The number of hydrogen-bond acceptors (Lipinski definition) is 3. The summed E-state index contributed by atoms with van der Waals surface area (Å²) in [7, 11) is 0. The molecule has 100 valence electrons. The lowest BCUT2D eigenvalue weighted by atomic mass is 10.2. The maximum absolute atomic E-state index is 4.61. The van der Waals surface area contributed by atoms with Gasteiger partial charge in [0.2, 0.25) is 0 Å². The topological polar surface area (TPSA) is 28.2 Å². The van der Waals surface area contributed by atoms with E-state index in [2.05, 4.69) is 47.2 Å². The molecular weight excluding hydrogens is 222 g/mol. The summed E-state index contributed by atoms with van der Waals surface area (Å²) in [6, 6.07) is 7.01. The second-order valence-electron chi connectivity index (χ2n) is 5.24. The van der Waals surface area contributed by atoms with E-state index in [1.54, 1.807) is 0 Å². The van der Waals surface area contributed by atoms with Crippen LogP contribution in [0, 0.1) is 6.92 Å². The molecule has 0 aliphatic carbocycles. The van der Waals surface area contributed by atoms with Crippen molar-refractivity contribution >= 4 is 0 Å². The molecule has 2 rings (SSSR count). The molecule has 1 aliphatic heterocycles. The highest BCUT2D eigenvalue weighted by Crippen LogP contribution is 2.19. The number of likely N-dealkylation sites (tertiary alicyclic amines) is 1. The van der Waals surface area contributed by atoms with Crippen LogP contribution < -0.4 is 5.32 Å². The largest absolute Gasteiger partial charge is 0.315 e. The molecule has 1 N–H and O–H groups in total. The molecule has 0 radical (unpaired) electrons. The average Bonchev–Trinajstić information content (AvgIpc) is 2.77. The minimum atomic E-state index is 0.693. The van der Waals surface area contributed by atoms with Gasteiger partial charge in [0, 0.05) is 24.8 Å². The Balaban J connectivity index is 1.87. The van der Waals surface area contributed by atoms with Gasteiger partial charge in [-0.05, 0) is 51.4 Å². The van der Waals surface area contributed by atoms with Crippen LogP contribution in [0.1, 0.15) is 37.6 Å². The Kier molecular flexibility index (Phi) is 5.14. The molecule has 0 aromatic carbocycles. The van der Waals surface area contributed by atoms with E-state index in [4.69, 9.17) is 0 Å². The summed E-state index contributed by atoms with van der Waals surface area (Å²) in [6.07, 6.45) is 3.86. The Bertz CT molecular complexity index is 365. The molecule has 3 nitrogen and oxygen atoms in total. The van der Waals surface area contributed by atoms with Crippen LogP contribution in [0.25, 0.3) is 0 Å². The maximum atomic E-state index is 4.61. The van der Waals surface area contributed by atoms with E-state index in [9.17, 15) is 0 Å². The molecule has 0 amide bonds. The van der Waals surface area contributed by atoms with Crippen molar-refractivity contribution in [2.75, 3.05) is 19.6 Å². The predicted molar refractivity (Wildman–Crippen MR) is 75.6 cm³/mol. The molecule has 1 fully saturated rings. The van der Waals surface area contributed by atoms with Crippen LogP contribution in [-0.2, 0) is 6.54 Å². The third-order valence-electron chi connectivity index (χ3n) is 3.62. The average molecular weight is 247 g/mol. The molecule has 0 saturated carbocycles. The van der Waals surface area contributed by atoms with E-state index < -0.39 is 0 Å². The third kappa shape index (κ3) is 3.79. The summed E-state index contributed by atoms with van der Waals surface area (Å²) in [5.74, 6) is 0. The number of pyridine rings is 1. The first-order valence-electron chi connectivity index (χ1n) is 7.17. The van der Waals surface area contributed by atoms with E-state index in [1.165, 1.54) is 31.5 Å². The second kappa shape index (κ2) is 6.86. The van der Waals surface area contributed by atoms with Crippen LogP contribution in [0.5, 0.6) is 0 Å². The van der Waals surface area contributed by atoms with Gasteiger partial charge in [-0.3, -0.25) is 9.88 Å². The molecular formula is C15H25N3. The molecule has 0 bridgehead atoms. The zero-order valence-electron chi connectivity index (χ0n) is 11.7. The van der Waals surface area contributed by atoms with Crippen molar-refractivity contribution in [3.05, 3.63) is 29.6 Å². The van der Waals surface area contributed by atoms with Crippen molar-refractivity contribution in [1.82, 2.24) is 15.2 Å². The molecule has 18 heavy (non-hydrogen) atoms. The molecule has 1 saturated heterocycles. The fourth-order valence-corrected chi connectivity index (χ4v) is 2.68. The Labute approximate surface area is 111 Å². The van der Waals surface area contributed by atoms with Gasteiger partial charge in [-0.1, -0.05) is 13.0 Å². The highest BCUT2D eigenvalue weighted by Gasteiger charge is 2.24. The number of aryl methyl sites for hydroxylation is 1. The van der Waals surface area contributed by atoms with Gasteiger partial charge in [0.05, 0.1) is 5.69 Å². The van der Waals surface area contributed by atoms with Crippen molar-refractivity contribution in [3.63, 3.8) is 0 Å². The van der Waals surface area contributed by atoms with Gasteiger partial charge in [0.1, 0.15) is 0 Å². The Hall–Kier alpha value is -0.930. The van der Waals surface area contributed by atoms with Gasteiger partial charge >= 0.3 is 0 Å². The van der Waals surface area contributed by atoms with Crippen molar-refractivity contribution in [3.8, 4) is 0 Å². The van der Waals surface area contributed by atoms with Crippen LogP contribution in [0.2, 0.25) is 0 Å². The molecule has 3 heteroatoms. The van der Waals surface area contributed by atoms with Crippen LogP contribution in [0.3, 0.4) is 0 Å². The molecule has 1 aliphatic rings. The predicted octanol–water partition coefficient (Wildman–Crippen LogP) is 2.35. The lowest BCUT2D eigenvalue weighted by molar-refractivity contribution is 0.236. The van der Waals surface area contributed by atoms with Gasteiger partial charge in [-0.15, -0.1) is 0 Å². The van der Waals surface area contributed by atoms with Crippen LogP contribution >= 0.6 is 0 Å². The van der Waals surface area contributed by atoms with E-state index in [-0.39, 0.29) is 0 Å². The quantitative estimate of drug-likeness (QED) is 0.782. The summed E-state index contributed by atoms with van der Waals surface area (Å²) in [5.41, 5.74) is 2.32. The number of hydrogen-bond donors (Lipinski definition) is 1. The fraction of sp³-hybridized carbons (Fsp3) is 0.667. The van der Waals surface area contributed by atoms with Crippen molar-refractivity contribution in [2.45, 2.75) is 45.7 Å². The second-order valence-corrected chi connectivity index (χ2v) is 5.24. The van der Waals surface area contributed by atoms with Crippen molar-refractivity contribution < 1.29 is 0 Å². The highest BCUT2D eigenvalue weighted by atomic mass is 15.2. The lowest BCUT2D eigenvalue weighted by Gasteiger charge is -2.24. The summed E-state index contributed by atoms with van der Waals surface area (Å²) in [4.78, 5) is 7.18. The van der Waals surface area contributed by atoms with Crippen molar-refractivity contribution in [1.29, 1.82) is 0 Å². The van der Waals surface area contributed by atoms with Crippen LogP contribution in [0.4, 0.5) is 0 Å².